The molecule has 2 N–H and O–H groups in total. The van der Waals surface area contributed by atoms with Gasteiger partial charge in [-0.25, -0.2) is 0 Å². The summed E-state index contributed by atoms with van der Waals surface area (Å²) in [7, 11) is 0. The topological polar surface area (TPSA) is 58.2 Å². The number of carbonyl (C=O) groups is 2. The fourth-order valence-electron chi connectivity index (χ4n) is 2.81. The highest BCUT2D eigenvalue weighted by Gasteiger charge is 2.19. The monoisotopic (exact) mass is 302 g/mol. The molecule has 4 nitrogen and oxygen atoms in total. The normalized spacial score (nSPS) is 16.1. The number of rotatable bonds is 3. The first kappa shape index (κ1) is 16.5. The number of hydrogen-bond donors (Lipinski definition) is 2. The summed E-state index contributed by atoms with van der Waals surface area (Å²) in [6.45, 7) is 4.24. The Morgan fingerprint density at radius 1 is 0.955 bits per heavy atom. The van der Waals surface area contributed by atoms with Crippen LogP contribution in [0.5, 0.6) is 0 Å². The summed E-state index contributed by atoms with van der Waals surface area (Å²) < 4.78 is 0. The molecule has 0 atom stereocenters. The van der Waals surface area contributed by atoms with E-state index in [1.807, 2.05) is 24.3 Å². The Morgan fingerprint density at radius 2 is 1.55 bits per heavy atom. The molecule has 1 aromatic carbocycles. The lowest BCUT2D eigenvalue weighted by Gasteiger charge is -2.16. The third-order valence-corrected chi connectivity index (χ3v) is 4.23. The van der Waals surface area contributed by atoms with Gasteiger partial charge < -0.3 is 10.6 Å². The van der Waals surface area contributed by atoms with Crippen LogP contribution in [0.2, 0.25) is 0 Å². The van der Waals surface area contributed by atoms with Gasteiger partial charge in [0.1, 0.15) is 0 Å². The fraction of sp³-hybridized carbons (Fsp3) is 0.556. The first-order valence-corrected chi connectivity index (χ1v) is 8.28. The van der Waals surface area contributed by atoms with Crippen LogP contribution in [0.1, 0.15) is 63.9 Å². The van der Waals surface area contributed by atoms with Crippen molar-refractivity contribution in [2.24, 2.45) is 0 Å². The lowest BCUT2D eigenvalue weighted by molar-refractivity contribution is -0.136. The third-order valence-electron chi connectivity index (χ3n) is 4.23. The van der Waals surface area contributed by atoms with Gasteiger partial charge in [0.15, 0.2) is 0 Å². The van der Waals surface area contributed by atoms with Crippen LogP contribution in [0.15, 0.2) is 24.3 Å². The predicted molar refractivity (Wildman–Crippen MR) is 88.8 cm³/mol. The van der Waals surface area contributed by atoms with E-state index < -0.39 is 11.8 Å². The van der Waals surface area contributed by atoms with Crippen LogP contribution >= 0.6 is 0 Å². The SMILES string of the molecule is CC(C)c1ccc(NC(=O)C(=O)NC2CCCCCC2)cc1. The van der Waals surface area contributed by atoms with Crippen molar-refractivity contribution >= 4 is 17.5 Å². The zero-order chi connectivity index (χ0) is 15.9. The second-order valence-electron chi connectivity index (χ2n) is 6.39. The van der Waals surface area contributed by atoms with Crippen molar-refractivity contribution in [2.45, 2.75) is 64.3 Å². The maximum atomic E-state index is 12.0. The van der Waals surface area contributed by atoms with Gasteiger partial charge in [-0.15, -0.1) is 0 Å². The molecule has 2 amide bonds. The summed E-state index contributed by atoms with van der Waals surface area (Å²) in [5.74, 6) is -0.662. The lowest BCUT2D eigenvalue weighted by Crippen LogP contribution is -2.41. The highest BCUT2D eigenvalue weighted by Crippen LogP contribution is 2.18. The number of benzene rings is 1. The first-order chi connectivity index (χ1) is 10.6. The van der Waals surface area contributed by atoms with Gasteiger partial charge in [-0.2, -0.15) is 0 Å². The predicted octanol–water partition coefficient (Wildman–Crippen LogP) is 3.59. The molecular weight excluding hydrogens is 276 g/mol. The molecule has 1 aliphatic carbocycles. The van der Waals surface area contributed by atoms with Gasteiger partial charge in [0, 0.05) is 11.7 Å². The van der Waals surface area contributed by atoms with Gasteiger partial charge in [-0.3, -0.25) is 9.59 Å². The highest BCUT2D eigenvalue weighted by atomic mass is 16.2. The summed E-state index contributed by atoms with van der Waals surface area (Å²) in [6.07, 6.45) is 6.65. The van der Waals surface area contributed by atoms with Crippen molar-refractivity contribution < 1.29 is 9.59 Å². The van der Waals surface area contributed by atoms with Gasteiger partial charge in [0.2, 0.25) is 0 Å². The largest absolute Gasteiger partial charge is 0.345 e. The molecule has 0 aromatic heterocycles. The van der Waals surface area contributed by atoms with Gasteiger partial charge in [0.25, 0.3) is 0 Å². The van der Waals surface area contributed by atoms with Crippen molar-refractivity contribution in [3.8, 4) is 0 Å². The van der Waals surface area contributed by atoms with Crippen molar-refractivity contribution in [1.29, 1.82) is 0 Å². The van der Waals surface area contributed by atoms with Crippen LogP contribution in [0.4, 0.5) is 5.69 Å². The maximum Gasteiger partial charge on any atom is 0.313 e. The third kappa shape index (κ3) is 4.86. The minimum Gasteiger partial charge on any atom is -0.345 e. The summed E-state index contributed by atoms with van der Waals surface area (Å²) in [5.41, 5.74) is 1.87. The second kappa shape index (κ2) is 7.97. The zero-order valence-electron chi connectivity index (χ0n) is 13.5. The Balaban J connectivity index is 1.86. The van der Waals surface area contributed by atoms with Gasteiger partial charge in [-0.1, -0.05) is 51.7 Å². The number of nitrogens with one attached hydrogen (secondary N) is 2. The quantitative estimate of drug-likeness (QED) is 0.662. The number of carbonyl (C=O) groups excluding carboxylic acids is 2. The molecule has 1 saturated carbocycles. The molecule has 2 rings (SSSR count). The molecule has 0 radical (unpaired) electrons. The molecule has 0 bridgehead atoms. The van der Waals surface area contributed by atoms with E-state index in [2.05, 4.69) is 24.5 Å². The van der Waals surface area contributed by atoms with Crippen LogP contribution in [0, 0.1) is 0 Å². The maximum absolute atomic E-state index is 12.0. The summed E-state index contributed by atoms with van der Waals surface area (Å²) in [4.78, 5) is 23.9. The minimum absolute atomic E-state index is 0.143. The molecule has 0 aliphatic heterocycles. The molecule has 1 fully saturated rings. The smallest absolute Gasteiger partial charge is 0.313 e. The van der Waals surface area contributed by atoms with Gasteiger partial charge >= 0.3 is 11.8 Å². The highest BCUT2D eigenvalue weighted by molar-refractivity contribution is 6.39. The standard InChI is InChI=1S/C18H26N2O2/c1-13(2)14-9-11-16(12-10-14)20-18(22)17(21)19-15-7-5-3-4-6-8-15/h9-13,15H,3-8H2,1-2H3,(H,19,21)(H,20,22). The fourth-order valence-corrected chi connectivity index (χ4v) is 2.81. The first-order valence-electron chi connectivity index (χ1n) is 8.28. The Bertz CT molecular complexity index is 500. The summed E-state index contributed by atoms with van der Waals surface area (Å²) in [6, 6.07) is 7.77. The van der Waals surface area contributed by atoms with Crippen molar-refractivity contribution in [3.63, 3.8) is 0 Å². The molecule has 0 heterocycles. The molecule has 0 unspecified atom stereocenters. The number of hydrogen-bond acceptors (Lipinski definition) is 2. The van der Waals surface area contributed by atoms with Crippen molar-refractivity contribution in [2.75, 3.05) is 5.32 Å². The molecule has 1 aliphatic rings. The Labute approximate surface area is 132 Å². The molecular formula is C18H26N2O2. The van der Waals surface area contributed by atoms with Crippen LogP contribution in [0.25, 0.3) is 0 Å². The molecule has 0 saturated heterocycles. The number of anilines is 1. The van der Waals surface area contributed by atoms with Crippen molar-refractivity contribution in [3.05, 3.63) is 29.8 Å². The minimum atomic E-state index is -0.582. The van der Waals surface area contributed by atoms with Crippen LogP contribution in [-0.4, -0.2) is 17.9 Å². The average molecular weight is 302 g/mol. The van der Waals surface area contributed by atoms with Crippen LogP contribution < -0.4 is 10.6 Å². The Kier molecular flexibility index (Phi) is 5.99. The molecule has 1 aromatic rings. The van der Waals surface area contributed by atoms with E-state index in [1.54, 1.807) is 0 Å². The van der Waals surface area contributed by atoms with Crippen molar-refractivity contribution in [1.82, 2.24) is 5.32 Å². The lowest BCUT2D eigenvalue weighted by atomic mass is 10.0. The Hall–Kier alpha value is -1.84. The molecule has 120 valence electrons. The van der Waals surface area contributed by atoms with E-state index in [4.69, 9.17) is 0 Å². The van der Waals surface area contributed by atoms with Gasteiger partial charge in [0.05, 0.1) is 0 Å². The van der Waals surface area contributed by atoms with E-state index >= 15 is 0 Å². The molecule has 0 spiro atoms. The van der Waals surface area contributed by atoms with E-state index in [0.717, 1.165) is 25.7 Å². The van der Waals surface area contributed by atoms with E-state index in [-0.39, 0.29) is 6.04 Å². The summed E-state index contributed by atoms with van der Waals surface area (Å²) >= 11 is 0. The van der Waals surface area contributed by atoms with Crippen LogP contribution in [-0.2, 0) is 9.59 Å². The summed E-state index contributed by atoms with van der Waals surface area (Å²) in [5, 5.41) is 5.52. The Morgan fingerprint density at radius 3 is 2.09 bits per heavy atom. The van der Waals surface area contributed by atoms with E-state index in [0.29, 0.717) is 11.6 Å². The van der Waals surface area contributed by atoms with Gasteiger partial charge in [-0.05, 0) is 36.5 Å². The molecule has 22 heavy (non-hydrogen) atoms. The van der Waals surface area contributed by atoms with E-state index in [9.17, 15) is 9.59 Å². The zero-order valence-corrected chi connectivity index (χ0v) is 13.5. The number of amides is 2. The average Bonchev–Trinajstić information content (AvgIpc) is 2.76. The molecule has 4 heteroatoms. The van der Waals surface area contributed by atoms with E-state index in [1.165, 1.54) is 18.4 Å². The van der Waals surface area contributed by atoms with Crippen LogP contribution in [0.3, 0.4) is 0 Å². The second-order valence-corrected chi connectivity index (χ2v) is 6.39.